The summed E-state index contributed by atoms with van der Waals surface area (Å²) in [5.74, 6) is 0.653. The molecule has 0 N–H and O–H groups in total. The fourth-order valence-corrected chi connectivity index (χ4v) is 2.48. The quantitative estimate of drug-likeness (QED) is 0.752. The van der Waals surface area contributed by atoms with Crippen LogP contribution in [0, 0.1) is 0 Å². The number of carbonyl (C=O) groups excluding carboxylic acids is 1. The van der Waals surface area contributed by atoms with Crippen molar-refractivity contribution in [3.63, 3.8) is 0 Å². The maximum atomic E-state index is 12.0. The van der Waals surface area contributed by atoms with Gasteiger partial charge in [0.15, 0.2) is 5.78 Å². The van der Waals surface area contributed by atoms with Crippen LogP contribution in [0.3, 0.4) is 0 Å². The number of Topliss-reactive ketones (excluding diaryl/α,β-unsaturated/α-hetero) is 1. The molecular formula is C18H21NO2. The third-order valence-corrected chi connectivity index (χ3v) is 3.51. The molecule has 0 heterocycles. The van der Waals surface area contributed by atoms with Gasteiger partial charge in [0, 0.05) is 13.1 Å². The maximum absolute atomic E-state index is 12.0. The molecule has 0 bridgehead atoms. The number of ether oxygens (including phenoxy) is 1. The van der Waals surface area contributed by atoms with Gasteiger partial charge in [-0.05, 0) is 31.5 Å². The van der Waals surface area contributed by atoms with Crippen molar-refractivity contribution >= 4 is 11.5 Å². The lowest BCUT2D eigenvalue weighted by atomic mass is 10.1. The van der Waals surface area contributed by atoms with Crippen LogP contribution in [0.5, 0.6) is 5.75 Å². The van der Waals surface area contributed by atoms with E-state index in [1.54, 1.807) is 14.0 Å². The number of hydrogen-bond acceptors (Lipinski definition) is 3. The molecule has 2 rings (SSSR count). The number of methoxy groups -OCH3 is 1. The predicted octanol–water partition coefficient (Wildman–Crippen LogP) is 3.92. The molecule has 0 radical (unpaired) electrons. The van der Waals surface area contributed by atoms with Crippen molar-refractivity contribution < 1.29 is 9.53 Å². The first-order chi connectivity index (χ1) is 10.2. The first-order valence-corrected chi connectivity index (χ1v) is 7.14. The van der Waals surface area contributed by atoms with Crippen LogP contribution in [-0.2, 0) is 6.54 Å². The van der Waals surface area contributed by atoms with E-state index >= 15 is 0 Å². The minimum atomic E-state index is 0.0222. The van der Waals surface area contributed by atoms with E-state index in [0.717, 1.165) is 18.8 Å². The summed E-state index contributed by atoms with van der Waals surface area (Å²) in [6.45, 7) is 5.26. The maximum Gasteiger partial charge on any atom is 0.165 e. The molecule has 0 atom stereocenters. The van der Waals surface area contributed by atoms with Crippen molar-refractivity contribution in [1.82, 2.24) is 0 Å². The van der Waals surface area contributed by atoms with E-state index in [2.05, 4.69) is 24.0 Å². The van der Waals surface area contributed by atoms with E-state index in [9.17, 15) is 4.79 Å². The second kappa shape index (κ2) is 6.93. The van der Waals surface area contributed by atoms with Crippen LogP contribution < -0.4 is 9.64 Å². The largest absolute Gasteiger partial charge is 0.496 e. The Hall–Kier alpha value is -2.29. The lowest BCUT2D eigenvalue weighted by Gasteiger charge is -2.26. The summed E-state index contributed by atoms with van der Waals surface area (Å²) in [7, 11) is 1.60. The zero-order chi connectivity index (χ0) is 15.2. The van der Waals surface area contributed by atoms with Crippen LogP contribution in [0.1, 0.15) is 29.8 Å². The molecule has 0 aliphatic rings. The summed E-state index contributed by atoms with van der Waals surface area (Å²) in [4.78, 5) is 14.2. The number of nitrogens with zero attached hydrogens (tertiary/aromatic N) is 1. The van der Waals surface area contributed by atoms with Gasteiger partial charge < -0.3 is 9.64 Å². The van der Waals surface area contributed by atoms with E-state index < -0.39 is 0 Å². The summed E-state index contributed by atoms with van der Waals surface area (Å²) in [5.41, 5.74) is 2.79. The fraction of sp³-hybridized carbons (Fsp3) is 0.278. The summed E-state index contributed by atoms with van der Waals surface area (Å²) < 4.78 is 5.34. The van der Waals surface area contributed by atoms with Gasteiger partial charge in [0.05, 0.1) is 18.4 Å². The second-order valence-electron chi connectivity index (χ2n) is 4.91. The number of carbonyl (C=O) groups is 1. The van der Waals surface area contributed by atoms with Crippen molar-refractivity contribution in [3.8, 4) is 5.75 Å². The molecule has 2 aromatic carbocycles. The number of hydrogen-bond donors (Lipinski definition) is 0. The molecule has 0 aliphatic heterocycles. The van der Waals surface area contributed by atoms with Gasteiger partial charge >= 0.3 is 0 Å². The molecule has 0 aliphatic carbocycles. The van der Waals surface area contributed by atoms with Gasteiger partial charge in [-0.15, -0.1) is 0 Å². The van der Waals surface area contributed by atoms with Gasteiger partial charge in [-0.1, -0.05) is 36.4 Å². The smallest absolute Gasteiger partial charge is 0.165 e. The molecular weight excluding hydrogens is 262 g/mol. The lowest BCUT2D eigenvalue weighted by molar-refractivity contribution is 0.101. The normalized spacial score (nSPS) is 10.2. The number of anilines is 1. The second-order valence-corrected chi connectivity index (χ2v) is 4.91. The van der Waals surface area contributed by atoms with Crippen LogP contribution in [-0.4, -0.2) is 19.4 Å². The van der Waals surface area contributed by atoms with E-state index in [4.69, 9.17) is 4.74 Å². The highest BCUT2D eigenvalue weighted by Gasteiger charge is 2.17. The van der Waals surface area contributed by atoms with Gasteiger partial charge in [0.25, 0.3) is 0 Å². The van der Waals surface area contributed by atoms with Gasteiger partial charge in [-0.25, -0.2) is 0 Å². The molecule has 0 fully saturated rings. The third-order valence-electron chi connectivity index (χ3n) is 3.51. The first-order valence-electron chi connectivity index (χ1n) is 7.14. The topological polar surface area (TPSA) is 29.5 Å². The van der Waals surface area contributed by atoms with E-state index in [1.165, 1.54) is 5.56 Å². The summed E-state index contributed by atoms with van der Waals surface area (Å²) >= 11 is 0. The molecule has 21 heavy (non-hydrogen) atoms. The van der Waals surface area contributed by atoms with Crippen molar-refractivity contribution in [2.75, 3.05) is 18.6 Å². The van der Waals surface area contributed by atoms with Crippen LogP contribution in [0.25, 0.3) is 0 Å². The standard InChI is InChI=1S/C18H21NO2/c1-4-19(13-15-9-6-5-7-10-15)16-11-8-12-17(21-3)18(16)14(2)20/h5-12H,4,13H2,1-3H3. The van der Waals surface area contributed by atoms with Crippen molar-refractivity contribution in [3.05, 3.63) is 59.7 Å². The molecule has 0 unspecified atom stereocenters. The Balaban J connectivity index is 2.40. The molecule has 110 valence electrons. The van der Waals surface area contributed by atoms with Gasteiger partial charge in [0.1, 0.15) is 5.75 Å². The first kappa shape index (κ1) is 15.1. The van der Waals surface area contributed by atoms with Crippen LogP contribution in [0.2, 0.25) is 0 Å². The zero-order valence-corrected chi connectivity index (χ0v) is 12.8. The average molecular weight is 283 g/mol. The number of benzene rings is 2. The van der Waals surface area contributed by atoms with Gasteiger partial charge in [-0.3, -0.25) is 4.79 Å². The minimum Gasteiger partial charge on any atom is -0.496 e. The Morgan fingerprint density at radius 3 is 2.38 bits per heavy atom. The highest BCUT2D eigenvalue weighted by molar-refractivity contribution is 6.02. The average Bonchev–Trinajstić information content (AvgIpc) is 2.52. The number of ketones is 1. The Labute approximate surface area is 126 Å². The summed E-state index contributed by atoms with van der Waals surface area (Å²) in [6.07, 6.45) is 0. The van der Waals surface area contributed by atoms with Crippen LogP contribution in [0.4, 0.5) is 5.69 Å². The van der Waals surface area contributed by atoms with Crippen molar-refractivity contribution in [1.29, 1.82) is 0 Å². The molecule has 3 nitrogen and oxygen atoms in total. The van der Waals surface area contributed by atoms with Crippen molar-refractivity contribution in [2.24, 2.45) is 0 Å². The Morgan fingerprint density at radius 2 is 1.81 bits per heavy atom. The SMILES string of the molecule is CCN(Cc1ccccc1)c1cccc(OC)c1C(C)=O. The van der Waals surface area contributed by atoms with Crippen molar-refractivity contribution in [2.45, 2.75) is 20.4 Å². The molecule has 0 amide bonds. The molecule has 0 saturated carbocycles. The highest BCUT2D eigenvalue weighted by atomic mass is 16.5. The number of rotatable bonds is 6. The molecule has 3 heteroatoms. The summed E-state index contributed by atoms with van der Waals surface area (Å²) in [5, 5.41) is 0. The predicted molar refractivity (Wildman–Crippen MR) is 86.2 cm³/mol. The molecule has 0 aromatic heterocycles. The van der Waals surface area contributed by atoms with E-state index in [1.807, 2.05) is 36.4 Å². The lowest BCUT2D eigenvalue weighted by Crippen LogP contribution is -2.24. The van der Waals surface area contributed by atoms with Crippen LogP contribution >= 0.6 is 0 Å². The van der Waals surface area contributed by atoms with E-state index in [-0.39, 0.29) is 5.78 Å². The Morgan fingerprint density at radius 1 is 1.10 bits per heavy atom. The van der Waals surface area contributed by atoms with Crippen LogP contribution in [0.15, 0.2) is 48.5 Å². The molecule has 0 spiro atoms. The third kappa shape index (κ3) is 3.43. The fourth-order valence-electron chi connectivity index (χ4n) is 2.48. The molecule has 2 aromatic rings. The molecule has 0 saturated heterocycles. The highest BCUT2D eigenvalue weighted by Crippen LogP contribution is 2.30. The van der Waals surface area contributed by atoms with Gasteiger partial charge in [-0.2, -0.15) is 0 Å². The zero-order valence-electron chi connectivity index (χ0n) is 12.8. The van der Waals surface area contributed by atoms with Gasteiger partial charge in [0.2, 0.25) is 0 Å². The van der Waals surface area contributed by atoms with E-state index in [0.29, 0.717) is 11.3 Å². The minimum absolute atomic E-state index is 0.0222. The Kier molecular flexibility index (Phi) is 4.99. The Bertz CT molecular complexity index is 608. The summed E-state index contributed by atoms with van der Waals surface area (Å²) in [6, 6.07) is 16.0. The monoisotopic (exact) mass is 283 g/mol.